The molecule has 2 aliphatic rings. The van der Waals surface area contributed by atoms with E-state index < -0.39 is 0 Å². The molecular weight excluding hydrogens is 1210 g/mol. The molecule has 0 unspecified atom stereocenters. The summed E-state index contributed by atoms with van der Waals surface area (Å²) in [4.78, 5) is 74.2. The molecule has 0 atom stereocenters. The number of hydrogen-bond donors (Lipinski definition) is 6. The molecule has 2 aliphatic heterocycles. The topological polar surface area (TPSA) is 237 Å². The Morgan fingerprint density at radius 2 is 0.967 bits per heavy atom. The van der Waals surface area contributed by atoms with Crippen molar-refractivity contribution in [3.8, 4) is 11.1 Å². The molecule has 472 valence electrons. The van der Waals surface area contributed by atoms with Crippen molar-refractivity contribution in [1.29, 1.82) is 0 Å². The zero-order valence-corrected chi connectivity index (χ0v) is 54.1. The van der Waals surface area contributed by atoms with Gasteiger partial charge in [-0.2, -0.15) is 10.2 Å². The maximum absolute atomic E-state index is 13.5. The molecule has 4 amide bonds. The fourth-order valence-corrected chi connectivity index (χ4v) is 12.0. The van der Waals surface area contributed by atoms with Gasteiger partial charge in [0.25, 0.3) is 23.6 Å². The number of pyridine rings is 2. The van der Waals surface area contributed by atoms with Crippen molar-refractivity contribution in [2.24, 2.45) is 0 Å². The first kappa shape index (κ1) is 64.9. The van der Waals surface area contributed by atoms with Gasteiger partial charge in [-0.25, -0.2) is 19.3 Å². The Labute approximate surface area is 539 Å². The van der Waals surface area contributed by atoms with Gasteiger partial charge in [-0.1, -0.05) is 84.4 Å². The maximum atomic E-state index is 13.5. The number of carbonyl (C=O) groups excluding carboxylic acids is 5. The summed E-state index contributed by atoms with van der Waals surface area (Å²) in [6.07, 6.45) is 9.57. The standard InChI is InChI=1S/C39H42N6O4.C32H37BrN6O3/c1-4-35-33(36(43-31-14-16-49-17-15-31)34-23-42-45(5-2)37(34)44-35)22-41-39(48)30-11-7-10-29(20-30)38(47)40-21-26-13-12-25(3)32(19-26)28-9-6-8-27(18-28)24-46;1-4-28-25(29(37-24-11-13-42-14-12-24)26-19-36-39(5-2)30(26)38-28)18-35-32(41)23-8-6-7-22(16-23)31(40)34-17-21-10-9-20(3)27(33)15-21/h6-13,18-20,23-24,31H,4-5,14-17,21-22H2,1-3H3,(H,40,47)(H,41,48)(H,43,44);6-10,15-16,19,24H,4-5,11-14,17-18H2,1-3H3,(H,34,40)(H,35,41)(H,37,38). The summed E-state index contributed by atoms with van der Waals surface area (Å²) in [7, 11) is 0. The van der Waals surface area contributed by atoms with E-state index in [-0.39, 0.29) is 42.3 Å². The van der Waals surface area contributed by atoms with Gasteiger partial charge in [0.05, 0.1) is 34.5 Å². The van der Waals surface area contributed by atoms with Gasteiger partial charge < -0.3 is 41.4 Å². The Balaban J connectivity index is 0.000000202. The zero-order chi connectivity index (χ0) is 64.0. The van der Waals surface area contributed by atoms with E-state index in [0.29, 0.717) is 80.1 Å². The third kappa shape index (κ3) is 15.7. The quantitative estimate of drug-likeness (QED) is 0.0347. The molecule has 91 heavy (non-hydrogen) atoms. The van der Waals surface area contributed by atoms with Crippen LogP contribution in [0.4, 0.5) is 11.4 Å². The number of carbonyl (C=O) groups is 5. The predicted molar refractivity (Wildman–Crippen MR) is 359 cm³/mol. The van der Waals surface area contributed by atoms with Crippen molar-refractivity contribution in [1.82, 2.24) is 50.8 Å². The van der Waals surface area contributed by atoms with Crippen LogP contribution in [0.5, 0.6) is 0 Å². The number of nitrogens with zero attached hydrogens (tertiary/aromatic N) is 6. The Morgan fingerprint density at radius 1 is 0.538 bits per heavy atom. The minimum atomic E-state index is -0.279. The van der Waals surface area contributed by atoms with Crippen LogP contribution in [0.1, 0.15) is 150 Å². The Bertz CT molecular complexity index is 4110. The summed E-state index contributed by atoms with van der Waals surface area (Å²) in [6, 6.07) is 33.5. The summed E-state index contributed by atoms with van der Waals surface area (Å²) in [5, 5.41) is 30.6. The van der Waals surface area contributed by atoms with E-state index in [1.165, 1.54) is 0 Å². The number of ether oxygens (including phenoxy) is 2. The first-order chi connectivity index (χ1) is 44.2. The molecule has 20 heteroatoms. The van der Waals surface area contributed by atoms with Gasteiger partial charge in [0.1, 0.15) is 6.29 Å². The monoisotopic (exact) mass is 1290 g/mol. The lowest BCUT2D eigenvalue weighted by molar-refractivity contribution is 0.0903. The maximum Gasteiger partial charge on any atom is 0.251 e. The Kier molecular flexibility index (Phi) is 21.8. The van der Waals surface area contributed by atoms with Crippen LogP contribution < -0.4 is 31.9 Å². The third-order valence-corrected chi connectivity index (χ3v) is 17.6. The number of aromatic nitrogens is 6. The number of amides is 4. The number of aldehydes is 1. The van der Waals surface area contributed by atoms with Crippen LogP contribution in [-0.4, -0.2) is 98.0 Å². The molecule has 9 aromatic rings. The Morgan fingerprint density at radius 3 is 1.40 bits per heavy atom. The summed E-state index contributed by atoms with van der Waals surface area (Å²) in [5.74, 6) is -1.05. The average Bonchev–Trinajstić information content (AvgIpc) is 2.01. The van der Waals surface area contributed by atoms with Crippen LogP contribution >= 0.6 is 15.9 Å². The van der Waals surface area contributed by atoms with Gasteiger partial charge in [-0.3, -0.25) is 24.0 Å². The molecule has 0 spiro atoms. The predicted octanol–water partition coefficient (Wildman–Crippen LogP) is 11.8. The fraction of sp³-hybridized carbons (Fsp3) is 0.338. The number of fused-ring (bicyclic) bond motifs is 2. The van der Waals surface area contributed by atoms with Crippen molar-refractivity contribution in [2.75, 3.05) is 37.1 Å². The van der Waals surface area contributed by atoms with E-state index in [1.807, 2.05) is 97.1 Å². The van der Waals surface area contributed by atoms with Gasteiger partial charge >= 0.3 is 0 Å². The van der Waals surface area contributed by atoms with Crippen LogP contribution in [0.2, 0.25) is 0 Å². The summed E-state index contributed by atoms with van der Waals surface area (Å²) >= 11 is 3.53. The Hall–Kier alpha value is -9.11. The van der Waals surface area contributed by atoms with Crippen LogP contribution in [-0.2, 0) is 61.6 Å². The van der Waals surface area contributed by atoms with Crippen molar-refractivity contribution < 1.29 is 33.4 Å². The molecule has 0 bridgehead atoms. The van der Waals surface area contributed by atoms with Gasteiger partial charge in [-0.15, -0.1) is 0 Å². The summed E-state index contributed by atoms with van der Waals surface area (Å²) in [6.45, 7) is 17.8. The number of aryl methyl sites for hydroxylation is 6. The first-order valence-corrected chi connectivity index (χ1v) is 32.2. The second-order valence-corrected chi connectivity index (χ2v) is 23.7. The van der Waals surface area contributed by atoms with Gasteiger partial charge in [0.15, 0.2) is 11.3 Å². The van der Waals surface area contributed by atoms with Gasteiger partial charge in [-0.05, 0) is 154 Å². The molecule has 0 radical (unpaired) electrons. The minimum Gasteiger partial charge on any atom is -0.381 e. The fourth-order valence-electron chi connectivity index (χ4n) is 11.5. The highest BCUT2D eigenvalue weighted by Gasteiger charge is 2.25. The SMILES string of the molecule is CCc1nc2c(cnn2CC)c(NC2CCOCC2)c1CNC(=O)c1cccc(C(=O)NCc2ccc(C)c(-c3cccc(C=O)c3)c2)c1.CCc1nc2c(cnn2CC)c(NC2CCOCC2)c1CNC(=O)c1cccc(C(=O)NCc2ccc(C)c(Br)c2)c1. The molecule has 19 nitrogen and oxygen atoms in total. The molecule has 6 heterocycles. The van der Waals surface area contributed by atoms with E-state index in [0.717, 1.165) is 146 Å². The molecule has 5 aromatic carbocycles. The van der Waals surface area contributed by atoms with E-state index in [2.05, 4.69) is 78.8 Å². The number of anilines is 2. The number of benzene rings is 5. The number of hydrogen-bond acceptors (Lipinski definition) is 13. The normalized spacial score (nSPS) is 13.5. The number of nitrogens with one attached hydrogen (secondary N) is 6. The van der Waals surface area contributed by atoms with Crippen molar-refractivity contribution >= 4 is 79.3 Å². The molecule has 6 N–H and O–H groups in total. The van der Waals surface area contributed by atoms with Gasteiger partial charge in [0, 0.05) is 133 Å². The van der Waals surface area contributed by atoms with Crippen molar-refractivity contribution in [2.45, 2.75) is 131 Å². The number of halogens is 1. The highest BCUT2D eigenvalue weighted by atomic mass is 79.9. The highest BCUT2D eigenvalue weighted by Crippen LogP contribution is 2.34. The summed E-state index contributed by atoms with van der Waals surface area (Å²) in [5.41, 5.74) is 15.6. The van der Waals surface area contributed by atoms with E-state index in [1.54, 1.807) is 54.6 Å². The molecule has 4 aromatic heterocycles. The van der Waals surface area contributed by atoms with Crippen LogP contribution in [0.15, 0.2) is 126 Å². The molecular formula is C71H79BrN12O7. The smallest absolute Gasteiger partial charge is 0.251 e. The summed E-state index contributed by atoms with van der Waals surface area (Å²) < 4.78 is 15.9. The zero-order valence-electron chi connectivity index (χ0n) is 52.5. The van der Waals surface area contributed by atoms with E-state index in [4.69, 9.17) is 19.4 Å². The van der Waals surface area contributed by atoms with Crippen LogP contribution in [0, 0.1) is 13.8 Å². The molecule has 0 aliphatic carbocycles. The van der Waals surface area contributed by atoms with Crippen LogP contribution in [0.25, 0.3) is 33.2 Å². The second-order valence-electron chi connectivity index (χ2n) is 22.9. The van der Waals surface area contributed by atoms with Crippen molar-refractivity contribution in [3.05, 3.63) is 199 Å². The lowest BCUT2D eigenvalue weighted by Gasteiger charge is -2.26. The minimum absolute atomic E-state index is 0.236. The van der Waals surface area contributed by atoms with Gasteiger partial charge in [0.2, 0.25) is 0 Å². The average molecular weight is 1290 g/mol. The number of rotatable bonds is 22. The second kappa shape index (κ2) is 30.6. The largest absolute Gasteiger partial charge is 0.381 e. The van der Waals surface area contributed by atoms with Crippen LogP contribution in [0.3, 0.4) is 0 Å². The first-order valence-electron chi connectivity index (χ1n) is 31.4. The molecule has 2 fully saturated rings. The lowest BCUT2D eigenvalue weighted by atomic mass is 9.97. The lowest BCUT2D eigenvalue weighted by Crippen LogP contribution is -2.30. The molecule has 0 saturated carbocycles. The van der Waals surface area contributed by atoms with Crippen molar-refractivity contribution in [3.63, 3.8) is 0 Å². The van der Waals surface area contributed by atoms with E-state index in [9.17, 15) is 24.0 Å². The molecule has 2 saturated heterocycles. The third-order valence-electron chi connectivity index (χ3n) is 16.8. The molecule has 11 rings (SSSR count). The van der Waals surface area contributed by atoms with E-state index >= 15 is 0 Å². The highest BCUT2D eigenvalue weighted by molar-refractivity contribution is 9.10.